The highest BCUT2D eigenvalue weighted by Gasteiger charge is 2.35. The molecule has 3 aromatic rings. The third-order valence-electron chi connectivity index (χ3n) is 6.14. The van der Waals surface area contributed by atoms with Crippen LogP contribution in [0.5, 0.6) is 0 Å². The predicted molar refractivity (Wildman–Crippen MR) is 122 cm³/mol. The number of hydrogen-bond donors (Lipinski definition) is 0. The maximum absolute atomic E-state index is 13.3. The Labute approximate surface area is 193 Å². The summed E-state index contributed by atoms with van der Waals surface area (Å²) in [6.45, 7) is 0.870. The van der Waals surface area contributed by atoms with Crippen LogP contribution < -0.4 is 0 Å². The van der Waals surface area contributed by atoms with Gasteiger partial charge in [-0.05, 0) is 61.4 Å². The molecule has 0 spiro atoms. The van der Waals surface area contributed by atoms with Gasteiger partial charge in [0.1, 0.15) is 5.82 Å². The molecule has 2 fully saturated rings. The van der Waals surface area contributed by atoms with Gasteiger partial charge in [-0.1, -0.05) is 30.3 Å². The van der Waals surface area contributed by atoms with Crippen molar-refractivity contribution in [2.45, 2.75) is 49.2 Å². The topological polar surface area (TPSA) is 72.3 Å². The zero-order valence-corrected chi connectivity index (χ0v) is 19.0. The average Bonchev–Trinajstić information content (AvgIpc) is 3.73. The van der Waals surface area contributed by atoms with Gasteiger partial charge < -0.3 is 9.47 Å². The van der Waals surface area contributed by atoms with E-state index in [-0.39, 0.29) is 35.2 Å². The number of sulfone groups is 1. The van der Waals surface area contributed by atoms with Crippen LogP contribution in [0.4, 0.5) is 4.39 Å². The summed E-state index contributed by atoms with van der Waals surface area (Å²) < 4.78 is 41.6. The van der Waals surface area contributed by atoms with Gasteiger partial charge in [0.2, 0.25) is 15.0 Å². The van der Waals surface area contributed by atoms with E-state index in [4.69, 9.17) is 0 Å². The summed E-state index contributed by atoms with van der Waals surface area (Å²) >= 11 is 0. The van der Waals surface area contributed by atoms with Crippen molar-refractivity contribution < 1.29 is 17.6 Å². The molecule has 0 saturated heterocycles. The molecule has 172 valence electrons. The molecule has 0 unspecified atom stereocenters. The van der Waals surface area contributed by atoms with Crippen molar-refractivity contribution in [2.24, 2.45) is 5.92 Å². The number of halogens is 1. The lowest BCUT2D eigenvalue weighted by atomic mass is 10.2. The molecule has 0 radical (unpaired) electrons. The van der Waals surface area contributed by atoms with Crippen LogP contribution >= 0.6 is 0 Å². The fourth-order valence-electron chi connectivity index (χ4n) is 4.11. The van der Waals surface area contributed by atoms with E-state index >= 15 is 0 Å². The van der Waals surface area contributed by atoms with Crippen LogP contribution in [0.3, 0.4) is 0 Å². The van der Waals surface area contributed by atoms with Crippen LogP contribution in [0.15, 0.2) is 66.0 Å². The van der Waals surface area contributed by atoms with E-state index in [1.165, 1.54) is 24.3 Å². The van der Waals surface area contributed by atoms with E-state index in [2.05, 4.69) is 4.98 Å². The van der Waals surface area contributed by atoms with Crippen molar-refractivity contribution in [1.82, 2.24) is 14.5 Å². The molecule has 33 heavy (non-hydrogen) atoms. The number of nitrogens with zero attached hydrogens (tertiary/aromatic N) is 3. The summed E-state index contributed by atoms with van der Waals surface area (Å²) in [7, 11) is -3.65. The highest BCUT2D eigenvalue weighted by Crippen LogP contribution is 2.39. The molecule has 2 saturated carbocycles. The number of benzene rings is 2. The fraction of sp³-hybridized carbons (Fsp3) is 0.360. The Bertz CT molecular complexity index is 1250. The van der Waals surface area contributed by atoms with Crippen LogP contribution in [0.25, 0.3) is 0 Å². The maximum atomic E-state index is 13.3. The molecule has 0 N–H and O–H groups in total. The van der Waals surface area contributed by atoms with Crippen molar-refractivity contribution >= 4 is 15.7 Å². The Kier molecular flexibility index (Phi) is 5.78. The summed E-state index contributed by atoms with van der Waals surface area (Å²) in [4.78, 5) is 19.3. The lowest BCUT2D eigenvalue weighted by molar-refractivity contribution is 0.0730. The van der Waals surface area contributed by atoms with Crippen molar-refractivity contribution in [3.63, 3.8) is 0 Å². The van der Waals surface area contributed by atoms with E-state index in [0.717, 1.165) is 31.4 Å². The van der Waals surface area contributed by atoms with Gasteiger partial charge in [-0.15, -0.1) is 0 Å². The molecule has 1 aromatic heterocycles. The van der Waals surface area contributed by atoms with Gasteiger partial charge in [0.25, 0.3) is 5.91 Å². The first kappa shape index (κ1) is 21.8. The SMILES string of the molecule is O=C(c1ccc(F)cc1)N(Cc1cnc(S(=O)(=O)Cc2ccccc2)n1C1CC1)CC1CC1. The fourth-order valence-corrected chi connectivity index (χ4v) is 5.65. The van der Waals surface area contributed by atoms with Crippen molar-refractivity contribution in [2.75, 3.05) is 6.54 Å². The molecule has 5 rings (SSSR count). The second-order valence-corrected chi connectivity index (χ2v) is 10.9. The molecule has 0 aliphatic heterocycles. The summed E-state index contributed by atoms with van der Waals surface area (Å²) in [5.74, 6) is -0.232. The monoisotopic (exact) mass is 467 g/mol. The number of aromatic nitrogens is 2. The van der Waals surface area contributed by atoms with Crippen LogP contribution in [0, 0.1) is 11.7 Å². The lowest BCUT2D eigenvalue weighted by Crippen LogP contribution is -2.33. The van der Waals surface area contributed by atoms with Gasteiger partial charge in [0, 0.05) is 18.2 Å². The van der Waals surface area contributed by atoms with Crippen molar-refractivity contribution in [3.05, 3.63) is 83.4 Å². The molecule has 1 amide bonds. The Hall–Kier alpha value is -3.00. The Morgan fingerprint density at radius 1 is 1.03 bits per heavy atom. The summed E-state index contributed by atoms with van der Waals surface area (Å²) in [5.41, 5.74) is 1.86. The lowest BCUT2D eigenvalue weighted by Gasteiger charge is -2.24. The van der Waals surface area contributed by atoms with E-state index in [0.29, 0.717) is 23.6 Å². The molecule has 0 atom stereocenters. The Balaban J connectivity index is 1.43. The third kappa shape index (κ3) is 5.00. The molecule has 1 heterocycles. The highest BCUT2D eigenvalue weighted by atomic mass is 32.2. The predicted octanol–water partition coefficient (Wildman–Crippen LogP) is 4.38. The van der Waals surface area contributed by atoms with Gasteiger partial charge >= 0.3 is 0 Å². The molecular formula is C25H26FN3O3S. The van der Waals surface area contributed by atoms with E-state index < -0.39 is 9.84 Å². The molecule has 6 nitrogen and oxygen atoms in total. The van der Waals surface area contributed by atoms with Gasteiger partial charge in [0.15, 0.2) is 0 Å². The summed E-state index contributed by atoms with van der Waals surface area (Å²) in [6, 6.07) is 14.7. The highest BCUT2D eigenvalue weighted by molar-refractivity contribution is 7.90. The van der Waals surface area contributed by atoms with Gasteiger partial charge in [-0.2, -0.15) is 0 Å². The first-order chi connectivity index (χ1) is 15.9. The number of imidazole rings is 1. The van der Waals surface area contributed by atoms with Crippen LogP contribution in [-0.2, 0) is 22.1 Å². The molecule has 0 bridgehead atoms. The molecule has 8 heteroatoms. The molecule has 2 aliphatic rings. The first-order valence-corrected chi connectivity index (χ1v) is 12.9. The van der Waals surface area contributed by atoms with Gasteiger partial charge in [-0.25, -0.2) is 17.8 Å². The minimum Gasteiger partial charge on any atom is -0.332 e. The quantitative estimate of drug-likeness (QED) is 0.468. The van der Waals surface area contributed by atoms with Crippen molar-refractivity contribution in [3.8, 4) is 0 Å². The normalized spacial score (nSPS) is 16.0. The number of carbonyl (C=O) groups is 1. The summed E-state index contributed by atoms with van der Waals surface area (Å²) in [6.07, 6.45) is 5.53. The van der Waals surface area contributed by atoms with Crippen LogP contribution in [0.1, 0.15) is 53.3 Å². The first-order valence-electron chi connectivity index (χ1n) is 11.3. The van der Waals surface area contributed by atoms with Crippen LogP contribution in [0.2, 0.25) is 0 Å². The van der Waals surface area contributed by atoms with E-state index in [1.807, 2.05) is 22.8 Å². The van der Waals surface area contributed by atoms with E-state index in [1.54, 1.807) is 23.2 Å². The van der Waals surface area contributed by atoms with Crippen molar-refractivity contribution in [1.29, 1.82) is 0 Å². The second-order valence-electron chi connectivity index (χ2n) is 9.01. The molecular weight excluding hydrogens is 441 g/mol. The number of amides is 1. The molecule has 2 aromatic carbocycles. The minimum absolute atomic E-state index is 0.0736. The summed E-state index contributed by atoms with van der Waals surface area (Å²) in [5, 5.41) is 0.0736. The van der Waals surface area contributed by atoms with E-state index in [9.17, 15) is 17.6 Å². The minimum atomic E-state index is -3.65. The second kappa shape index (κ2) is 8.74. The van der Waals surface area contributed by atoms with Gasteiger partial charge in [0.05, 0.1) is 24.2 Å². The maximum Gasteiger partial charge on any atom is 0.254 e. The smallest absolute Gasteiger partial charge is 0.254 e. The third-order valence-corrected chi connectivity index (χ3v) is 7.71. The van der Waals surface area contributed by atoms with Crippen LogP contribution in [-0.4, -0.2) is 35.3 Å². The molecule has 2 aliphatic carbocycles. The standard InChI is InChI=1S/C25H26FN3O3S/c26-21-10-8-20(9-11-21)24(30)28(15-18-6-7-18)16-23-14-27-25(29(23)22-12-13-22)33(31,32)17-19-4-2-1-3-5-19/h1-5,8-11,14,18,22H,6-7,12-13,15-17H2. The zero-order chi connectivity index (χ0) is 23.0. The largest absolute Gasteiger partial charge is 0.332 e. The zero-order valence-electron chi connectivity index (χ0n) is 18.2. The number of rotatable bonds is 9. The Morgan fingerprint density at radius 2 is 1.73 bits per heavy atom. The number of hydrogen-bond acceptors (Lipinski definition) is 4. The average molecular weight is 468 g/mol. The Morgan fingerprint density at radius 3 is 2.36 bits per heavy atom. The van der Waals surface area contributed by atoms with Gasteiger partial charge in [-0.3, -0.25) is 4.79 Å². The number of carbonyl (C=O) groups excluding carboxylic acids is 1.